The zero-order valence-electron chi connectivity index (χ0n) is 14.5. The molecule has 0 spiro atoms. The summed E-state index contributed by atoms with van der Waals surface area (Å²) >= 11 is 6.02. The minimum absolute atomic E-state index is 0.101. The third-order valence-corrected chi connectivity index (χ3v) is 5.34. The summed E-state index contributed by atoms with van der Waals surface area (Å²) in [6, 6.07) is 19.0. The number of hydrogen-bond acceptors (Lipinski definition) is 4. The van der Waals surface area contributed by atoms with Crippen molar-refractivity contribution >= 4 is 33.3 Å². The van der Waals surface area contributed by atoms with E-state index in [1.54, 1.807) is 48.5 Å². The average Bonchev–Trinajstić information content (AvgIpc) is 2.64. The van der Waals surface area contributed by atoms with Crippen molar-refractivity contribution in [1.82, 2.24) is 0 Å². The molecular formula is C20H16ClNO5S. The van der Waals surface area contributed by atoms with Crippen molar-refractivity contribution in [3.63, 3.8) is 0 Å². The number of carboxylic acid groups (broad SMARTS) is 1. The lowest BCUT2D eigenvalue weighted by Crippen LogP contribution is -2.13. The van der Waals surface area contributed by atoms with Gasteiger partial charge in [-0.15, -0.1) is 0 Å². The molecule has 0 unspecified atom stereocenters. The summed E-state index contributed by atoms with van der Waals surface area (Å²) in [6.45, 7) is 0. The molecule has 2 N–H and O–H groups in total. The Morgan fingerprint density at radius 3 is 2.46 bits per heavy atom. The van der Waals surface area contributed by atoms with E-state index in [0.29, 0.717) is 16.3 Å². The maximum Gasteiger partial charge on any atom is 0.307 e. The van der Waals surface area contributed by atoms with E-state index in [4.69, 9.17) is 21.4 Å². The highest BCUT2D eigenvalue weighted by Gasteiger charge is 2.17. The quantitative estimate of drug-likeness (QED) is 0.587. The summed E-state index contributed by atoms with van der Waals surface area (Å²) in [5.41, 5.74) is 0.727. The predicted octanol–water partition coefficient (Wildman–Crippen LogP) is 4.56. The molecule has 0 bridgehead atoms. The zero-order chi connectivity index (χ0) is 20.1. The molecule has 0 amide bonds. The van der Waals surface area contributed by atoms with Gasteiger partial charge in [-0.3, -0.25) is 9.52 Å². The van der Waals surface area contributed by atoms with Gasteiger partial charge in [-0.2, -0.15) is 0 Å². The highest BCUT2D eigenvalue weighted by molar-refractivity contribution is 7.92. The van der Waals surface area contributed by atoms with Gasteiger partial charge < -0.3 is 9.84 Å². The second kappa shape index (κ2) is 8.33. The van der Waals surface area contributed by atoms with Gasteiger partial charge in [-0.25, -0.2) is 8.42 Å². The Labute approximate surface area is 167 Å². The molecule has 0 aliphatic rings. The molecule has 3 aromatic rings. The molecule has 0 aliphatic heterocycles. The largest absolute Gasteiger partial charge is 0.481 e. The van der Waals surface area contributed by atoms with E-state index in [1.807, 2.05) is 0 Å². The van der Waals surface area contributed by atoms with E-state index >= 15 is 0 Å². The number of hydrogen-bond donors (Lipinski definition) is 2. The Bertz CT molecular complexity index is 1100. The van der Waals surface area contributed by atoms with Crippen molar-refractivity contribution in [2.75, 3.05) is 4.72 Å². The van der Waals surface area contributed by atoms with Crippen molar-refractivity contribution in [1.29, 1.82) is 0 Å². The molecule has 0 aromatic heterocycles. The van der Waals surface area contributed by atoms with Gasteiger partial charge in [-0.1, -0.05) is 41.9 Å². The summed E-state index contributed by atoms with van der Waals surface area (Å²) in [5.74, 6) is -0.349. The number of benzene rings is 3. The van der Waals surface area contributed by atoms with Gasteiger partial charge in [0.25, 0.3) is 10.0 Å². The second-order valence-electron chi connectivity index (χ2n) is 5.88. The van der Waals surface area contributed by atoms with Crippen LogP contribution in [0.5, 0.6) is 11.5 Å². The molecule has 0 heterocycles. The van der Waals surface area contributed by atoms with Gasteiger partial charge in [0.15, 0.2) is 5.75 Å². The smallest absolute Gasteiger partial charge is 0.307 e. The highest BCUT2D eigenvalue weighted by atomic mass is 35.5. The standard InChI is InChI=1S/C20H16ClNO5S/c21-15-9-10-19(27-16-6-4-5-14(11-16)12-20(23)24)18(13-15)22-28(25,26)17-7-2-1-3-8-17/h1-11,13,22H,12H2,(H,23,24). The molecule has 0 saturated heterocycles. The first kappa shape index (κ1) is 19.7. The van der Waals surface area contributed by atoms with Crippen LogP contribution in [0.4, 0.5) is 5.69 Å². The molecule has 0 fully saturated rings. The van der Waals surface area contributed by atoms with Crippen LogP contribution >= 0.6 is 11.6 Å². The van der Waals surface area contributed by atoms with Crippen LogP contribution in [0.25, 0.3) is 0 Å². The van der Waals surface area contributed by atoms with E-state index < -0.39 is 16.0 Å². The third-order valence-electron chi connectivity index (χ3n) is 3.72. The molecule has 3 rings (SSSR count). The maximum atomic E-state index is 12.6. The molecule has 0 radical (unpaired) electrons. The van der Waals surface area contributed by atoms with Crippen molar-refractivity contribution < 1.29 is 23.1 Å². The molecule has 0 aliphatic carbocycles. The fourth-order valence-corrected chi connectivity index (χ4v) is 3.75. The van der Waals surface area contributed by atoms with Gasteiger partial charge in [0.2, 0.25) is 0 Å². The van der Waals surface area contributed by atoms with Crippen LogP contribution < -0.4 is 9.46 Å². The maximum absolute atomic E-state index is 12.6. The topological polar surface area (TPSA) is 92.7 Å². The lowest BCUT2D eigenvalue weighted by Gasteiger charge is -2.14. The predicted molar refractivity (Wildman–Crippen MR) is 107 cm³/mol. The Hall–Kier alpha value is -3.03. The van der Waals surface area contributed by atoms with Crippen LogP contribution in [-0.2, 0) is 21.2 Å². The number of carbonyl (C=O) groups is 1. The average molecular weight is 418 g/mol. The third kappa shape index (κ3) is 5.03. The first-order valence-corrected chi connectivity index (χ1v) is 10.1. The zero-order valence-corrected chi connectivity index (χ0v) is 16.1. The number of aliphatic carboxylic acids is 1. The van der Waals surface area contributed by atoms with E-state index in [0.717, 1.165) is 0 Å². The van der Waals surface area contributed by atoms with E-state index in [2.05, 4.69) is 4.72 Å². The van der Waals surface area contributed by atoms with Gasteiger partial charge >= 0.3 is 5.97 Å². The minimum Gasteiger partial charge on any atom is -0.481 e. The monoisotopic (exact) mass is 417 g/mol. The van der Waals surface area contributed by atoms with Crippen LogP contribution in [0, 0.1) is 0 Å². The molecule has 28 heavy (non-hydrogen) atoms. The molecule has 144 valence electrons. The normalized spacial score (nSPS) is 11.0. The molecular weight excluding hydrogens is 402 g/mol. The van der Waals surface area contributed by atoms with Gasteiger partial charge in [0.05, 0.1) is 17.0 Å². The second-order valence-corrected chi connectivity index (χ2v) is 8.00. The molecule has 0 atom stereocenters. The SMILES string of the molecule is O=C(O)Cc1cccc(Oc2ccc(Cl)cc2NS(=O)(=O)c2ccccc2)c1. The number of rotatable bonds is 7. The van der Waals surface area contributed by atoms with Gasteiger partial charge in [0, 0.05) is 5.02 Å². The van der Waals surface area contributed by atoms with Crippen LogP contribution in [0.3, 0.4) is 0 Å². The van der Waals surface area contributed by atoms with Crippen molar-refractivity contribution in [2.45, 2.75) is 11.3 Å². The summed E-state index contributed by atoms with van der Waals surface area (Å²) < 4.78 is 33.5. The summed E-state index contributed by atoms with van der Waals surface area (Å²) in [4.78, 5) is 11.0. The van der Waals surface area contributed by atoms with Crippen LogP contribution in [-0.4, -0.2) is 19.5 Å². The summed E-state index contributed by atoms with van der Waals surface area (Å²) in [7, 11) is -3.84. The molecule has 0 saturated carbocycles. The Morgan fingerprint density at radius 1 is 1.00 bits per heavy atom. The molecule has 8 heteroatoms. The number of anilines is 1. The van der Waals surface area contributed by atoms with E-state index in [9.17, 15) is 13.2 Å². The minimum atomic E-state index is -3.84. The van der Waals surface area contributed by atoms with E-state index in [-0.39, 0.29) is 22.8 Å². The summed E-state index contributed by atoms with van der Waals surface area (Å²) in [6.07, 6.45) is -0.148. The Morgan fingerprint density at radius 2 is 1.75 bits per heavy atom. The van der Waals surface area contributed by atoms with E-state index in [1.165, 1.54) is 24.3 Å². The molecule has 6 nitrogen and oxygen atoms in total. The van der Waals surface area contributed by atoms with Crippen LogP contribution in [0.1, 0.15) is 5.56 Å². The number of sulfonamides is 1. The lowest BCUT2D eigenvalue weighted by molar-refractivity contribution is -0.136. The first-order valence-electron chi connectivity index (χ1n) is 8.19. The number of halogens is 1. The van der Waals surface area contributed by atoms with Crippen molar-refractivity contribution in [3.8, 4) is 11.5 Å². The van der Waals surface area contributed by atoms with Crippen LogP contribution in [0.2, 0.25) is 5.02 Å². The van der Waals surface area contributed by atoms with Crippen molar-refractivity contribution in [3.05, 3.63) is 83.4 Å². The number of nitrogens with one attached hydrogen (secondary N) is 1. The van der Waals surface area contributed by atoms with Crippen molar-refractivity contribution in [2.24, 2.45) is 0 Å². The Kier molecular flexibility index (Phi) is 5.87. The fourth-order valence-electron chi connectivity index (χ4n) is 2.49. The van der Waals surface area contributed by atoms with Gasteiger partial charge in [0.1, 0.15) is 5.75 Å². The number of ether oxygens (including phenoxy) is 1. The number of carboxylic acids is 1. The Balaban J connectivity index is 1.91. The fraction of sp³-hybridized carbons (Fsp3) is 0.0500. The first-order chi connectivity index (χ1) is 13.3. The summed E-state index contributed by atoms with van der Waals surface area (Å²) in [5, 5.41) is 9.26. The van der Waals surface area contributed by atoms with Crippen LogP contribution in [0.15, 0.2) is 77.7 Å². The van der Waals surface area contributed by atoms with Gasteiger partial charge in [-0.05, 0) is 48.0 Å². The molecule has 3 aromatic carbocycles. The highest BCUT2D eigenvalue weighted by Crippen LogP contribution is 2.33. The lowest BCUT2D eigenvalue weighted by atomic mass is 10.1.